The van der Waals surface area contributed by atoms with Crippen LogP contribution < -0.4 is 5.32 Å². The Morgan fingerprint density at radius 1 is 0.333 bits per heavy atom. The van der Waals surface area contributed by atoms with Crippen LogP contribution in [0.4, 0.5) is 0 Å². The molecule has 0 aliphatic rings. The Hall–Kier alpha value is -1.66. The molecule has 0 fully saturated rings. The Bertz CT molecular complexity index is 1270. The summed E-state index contributed by atoms with van der Waals surface area (Å²) >= 11 is 0. The smallest absolute Gasteiger partial charge is 0.305 e. The topological polar surface area (TPSA) is 95.9 Å². The Morgan fingerprint density at radius 2 is 0.580 bits per heavy atom. The molecule has 480 valence electrons. The fourth-order valence-electron chi connectivity index (χ4n) is 11.8. The van der Waals surface area contributed by atoms with Crippen molar-refractivity contribution in [3.8, 4) is 0 Å². The minimum Gasteiger partial charge on any atom is -0.466 e. The first-order chi connectivity index (χ1) is 40.0. The fourth-order valence-corrected chi connectivity index (χ4v) is 11.8. The molecule has 0 saturated heterocycles. The summed E-state index contributed by atoms with van der Waals surface area (Å²) < 4.78 is 5.49. The van der Waals surface area contributed by atoms with Crippen molar-refractivity contribution in [2.24, 2.45) is 0 Å². The van der Waals surface area contributed by atoms with Crippen molar-refractivity contribution in [3.63, 3.8) is 0 Å². The summed E-state index contributed by atoms with van der Waals surface area (Å²) in [7, 11) is 0. The van der Waals surface area contributed by atoms with Crippen LogP contribution >= 0.6 is 0 Å². The maximum Gasteiger partial charge on any atom is 0.305 e. The molecule has 0 spiro atoms. The fraction of sp³-hybridized carbons (Fsp3) is 0.920. The first-order valence-corrected chi connectivity index (χ1v) is 37.1. The largest absolute Gasteiger partial charge is 0.466 e. The molecule has 0 aromatic carbocycles. The van der Waals surface area contributed by atoms with E-state index in [1.165, 1.54) is 347 Å². The number of esters is 1. The van der Waals surface area contributed by atoms with E-state index in [4.69, 9.17) is 4.74 Å². The van der Waals surface area contributed by atoms with Gasteiger partial charge in [-0.3, -0.25) is 9.59 Å². The molecule has 6 heteroatoms. The van der Waals surface area contributed by atoms with E-state index in [1.807, 2.05) is 6.08 Å². The van der Waals surface area contributed by atoms with E-state index in [9.17, 15) is 19.8 Å². The average molecular weight is 1140 g/mol. The van der Waals surface area contributed by atoms with Crippen LogP contribution in [-0.2, 0) is 14.3 Å². The summed E-state index contributed by atoms with van der Waals surface area (Å²) in [6, 6.07) is -0.625. The van der Waals surface area contributed by atoms with Gasteiger partial charge in [0.1, 0.15) is 0 Å². The Balaban J connectivity index is 3.35. The van der Waals surface area contributed by atoms with Crippen molar-refractivity contribution < 1.29 is 24.5 Å². The highest BCUT2D eigenvalue weighted by molar-refractivity contribution is 5.76. The van der Waals surface area contributed by atoms with Gasteiger partial charge in [0.25, 0.3) is 0 Å². The average Bonchev–Trinajstić information content (AvgIpc) is 3.47. The van der Waals surface area contributed by atoms with Crippen molar-refractivity contribution in [3.05, 3.63) is 24.3 Å². The molecule has 0 radical (unpaired) electrons. The van der Waals surface area contributed by atoms with Crippen LogP contribution in [0.1, 0.15) is 418 Å². The molecule has 6 nitrogen and oxygen atoms in total. The van der Waals surface area contributed by atoms with Gasteiger partial charge in [-0.05, 0) is 57.8 Å². The SMILES string of the molecule is CCCCCCC/C=C\CCCCCCCC(=O)OCCCCCCCCCCCCCCCCCCCCCCCCCCCCCCCCCC(=O)NC(CO)C(O)/C=C/CCCCCCCCCCCCCCCCCCC. The molecule has 0 bridgehead atoms. The van der Waals surface area contributed by atoms with Gasteiger partial charge in [0.15, 0.2) is 0 Å². The number of carbonyl (C=O) groups excluding carboxylic acids is 2. The van der Waals surface area contributed by atoms with Gasteiger partial charge in [-0.25, -0.2) is 0 Å². The molecule has 0 aromatic heterocycles. The van der Waals surface area contributed by atoms with Gasteiger partial charge in [-0.1, -0.05) is 372 Å². The predicted octanol–water partition coefficient (Wildman–Crippen LogP) is 24.1. The third-order valence-electron chi connectivity index (χ3n) is 17.5. The second-order valence-electron chi connectivity index (χ2n) is 25.6. The van der Waals surface area contributed by atoms with E-state index in [0.29, 0.717) is 19.4 Å². The standard InChI is InChI=1S/C75H145NO5/c1-3-5-7-9-11-13-15-17-19-20-34-37-40-43-47-51-55-59-63-67-73(78)72(71-77)76-74(79)68-64-60-56-52-48-44-41-38-35-32-30-28-26-24-22-21-23-25-27-29-31-33-36-39-42-46-50-54-58-62-66-70-81-75(80)69-65-61-57-53-49-45-18-16-14-12-10-8-6-4-2/h16,18,63,67,72-73,77-78H,3-15,17,19-62,64-66,68-71H2,1-2H3,(H,76,79)/b18-16-,67-63+. The highest BCUT2D eigenvalue weighted by Crippen LogP contribution is 2.19. The number of hydrogen-bond donors (Lipinski definition) is 3. The molecular weight excluding hydrogens is 995 g/mol. The number of nitrogens with one attached hydrogen (secondary N) is 1. The van der Waals surface area contributed by atoms with Gasteiger partial charge < -0.3 is 20.3 Å². The number of rotatable bonds is 70. The number of unbranched alkanes of at least 4 members (excludes halogenated alkanes) is 57. The number of aliphatic hydroxyl groups excluding tert-OH is 2. The molecule has 81 heavy (non-hydrogen) atoms. The lowest BCUT2D eigenvalue weighted by molar-refractivity contribution is -0.143. The summed E-state index contributed by atoms with van der Waals surface area (Å²) in [5.74, 6) is -0.0472. The molecule has 0 saturated carbocycles. The maximum absolute atomic E-state index is 12.5. The first kappa shape index (κ1) is 79.3. The Morgan fingerprint density at radius 3 is 0.877 bits per heavy atom. The van der Waals surface area contributed by atoms with Gasteiger partial charge in [0.05, 0.1) is 25.4 Å². The molecule has 1 amide bonds. The third-order valence-corrected chi connectivity index (χ3v) is 17.5. The van der Waals surface area contributed by atoms with Crippen molar-refractivity contribution in [2.75, 3.05) is 13.2 Å². The van der Waals surface area contributed by atoms with Crippen molar-refractivity contribution >= 4 is 11.9 Å². The molecule has 0 rings (SSSR count). The highest BCUT2D eigenvalue weighted by Gasteiger charge is 2.18. The number of carbonyl (C=O) groups is 2. The van der Waals surface area contributed by atoms with Crippen LogP contribution in [-0.4, -0.2) is 47.4 Å². The summed E-state index contributed by atoms with van der Waals surface area (Å²) in [4.78, 5) is 24.6. The van der Waals surface area contributed by atoms with Crippen molar-refractivity contribution in [2.45, 2.75) is 431 Å². The quantitative estimate of drug-likeness (QED) is 0.0320. The molecule has 2 atom stereocenters. The third kappa shape index (κ3) is 67.3. The number of amides is 1. The van der Waals surface area contributed by atoms with Gasteiger partial charge in [0.2, 0.25) is 5.91 Å². The number of aliphatic hydroxyl groups is 2. The van der Waals surface area contributed by atoms with Crippen molar-refractivity contribution in [1.82, 2.24) is 5.32 Å². The zero-order valence-electron chi connectivity index (χ0n) is 55.0. The monoisotopic (exact) mass is 1140 g/mol. The van der Waals surface area contributed by atoms with Crippen LogP contribution in [0.15, 0.2) is 24.3 Å². The molecule has 0 aliphatic carbocycles. The van der Waals surface area contributed by atoms with E-state index in [-0.39, 0.29) is 18.5 Å². The van der Waals surface area contributed by atoms with Crippen LogP contribution in [0.2, 0.25) is 0 Å². The van der Waals surface area contributed by atoms with Crippen LogP contribution in [0.5, 0.6) is 0 Å². The Kier molecular flexibility index (Phi) is 69.4. The summed E-state index contributed by atoms with van der Waals surface area (Å²) in [6.45, 7) is 4.94. The Labute approximate surface area is 507 Å². The molecule has 0 heterocycles. The van der Waals surface area contributed by atoms with Gasteiger partial charge in [-0.2, -0.15) is 0 Å². The van der Waals surface area contributed by atoms with Gasteiger partial charge in [0, 0.05) is 12.8 Å². The minimum atomic E-state index is -0.842. The molecular formula is C75H145NO5. The normalized spacial score (nSPS) is 12.6. The van der Waals surface area contributed by atoms with Crippen molar-refractivity contribution in [1.29, 1.82) is 0 Å². The number of ether oxygens (including phenoxy) is 1. The zero-order valence-corrected chi connectivity index (χ0v) is 55.0. The van der Waals surface area contributed by atoms with E-state index < -0.39 is 12.1 Å². The van der Waals surface area contributed by atoms with Gasteiger partial charge in [-0.15, -0.1) is 0 Å². The lowest BCUT2D eigenvalue weighted by Crippen LogP contribution is -2.45. The zero-order chi connectivity index (χ0) is 58.5. The van der Waals surface area contributed by atoms with E-state index >= 15 is 0 Å². The van der Waals surface area contributed by atoms with Crippen LogP contribution in [0, 0.1) is 0 Å². The second-order valence-corrected chi connectivity index (χ2v) is 25.6. The minimum absolute atomic E-state index is 0.0125. The number of allylic oxidation sites excluding steroid dienone is 3. The summed E-state index contributed by atoms with van der Waals surface area (Å²) in [5.41, 5.74) is 0. The molecule has 0 aliphatic heterocycles. The predicted molar refractivity (Wildman–Crippen MR) is 356 cm³/mol. The van der Waals surface area contributed by atoms with E-state index in [0.717, 1.165) is 44.9 Å². The van der Waals surface area contributed by atoms with Gasteiger partial charge >= 0.3 is 5.97 Å². The molecule has 0 aromatic rings. The molecule has 3 N–H and O–H groups in total. The lowest BCUT2D eigenvalue weighted by Gasteiger charge is -2.20. The summed E-state index contributed by atoms with van der Waals surface area (Å²) in [6.07, 6.45) is 89.9. The van der Waals surface area contributed by atoms with Crippen LogP contribution in [0.3, 0.4) is 0 Å². The van der Waals surface area contributed by atoms with E-state index in [1.54, 1.807) is 6.08 Å². The van der Waals surface area contributed by atoms with E-state index in [2.05, 4.69) is 31.3 Å². The highest BCUT2D eigenvalue weighted by atomic mass is 16.5. The maximum atomic E-state index is 12.5. The lowest BCUT2D eigenvalue weighted by atomic mass is 10.0. The summed E-state index contributed by atoms with van der Waals surface area (Å²) in [5, 5.41) is 23.2. The van der Waals surface area contributed by atoms with Crippen LogP contribution in [0.25, 0.3) is 0 Å². The first-order valence-electron chi connectivity index (χ1n) is 37.1. The number of hydrogen-bond acceptors (Lipinski definition) is 5. The second kappa shape index (κ2) is 70.8. The molecule has 2 unspecified atom stereocenters.